The minimum absolute atomic E-state index is 0.0196. The van der Waals surface area contributed by atoms with Crippen LogP contribution in [0.25, 0.3) is 0 Å². The zero-order chi connectivity index (χ0) is 22.1. The van der Waals surface area contributed by atoms with Gasteiger partial charge in [-0.3, -0.25) is 9.52 Å². The lowest BCUT2D eigenvalue weighted by Crippen LogP contribution is -2.15. The van der Waals surface area contributed by atoms with Crippen molar-refractivity contribution in [2.24, 2.45) is 0 Å². The van der Waals surface area contributed by atoms with E-state index in [1.807, 2.05) is 18.2 Å². The van der Waals surface area contributed by atoms with Crippen LogP contribution in [0.4, 0.5) is 5.69 Å². The van der Waals surface area contributed by atoms with Crippen molar-refractivity contribution < 1.29 is 27.8 Å². The first-order valence-electron chi connectivity index (χ1n) is 9.68. The molecule has 0 bridgehead atoms. The van der Waals surface area contributed by atoms with Gasteiger partial charge in [-0.05, 0) is 42.3 Å². The number of anilines is 1. The number of ether oxygens (including phenoxy) is 2. The van der Waals surface area contributed by atoms with Gasteiger partial charge < -0.3 is 14.6 Å². The van der Waals surface area contributed by atoms with Crippen LogP contribution in [0.1, 0.15) is 12.0 Å². The number of carboxylic acids is 1. The molecule has 7 nitrogen and oxygen atoms in total. The number of para-hydroxylation sites is 3. The molecule has 162 valence electrons. The summed E-state index contributed by atoms with van der Waals surface area (Å²) in [6.07, 6.45) is 0.391. The molecular formula is C23H23NO6S. The second-order valence-electron chi connectivity index (χ2n) is 6.61. The van der Waals surface area contributed by atoms with E-state index in [-0.39, 0.29) is 24.5 Å². The van der Waals surface area contributed by atoms with Crippen molar-refractivity contribution in [3.8, 4) is 11.5 Å². The summed E-state index contributed by atoms with van der Waals surface area (Å²) in [4.78, 5) is 11.0. The highest BCUT2D eigenvalue weighted by molar-refractivity contribution is 7.92. The van der Waals surface area contributed by atoms with Crippen molar-refractivity contribution in [3.05, 3.63) is 84.4 Å². The van der Waals surface area contributed by atoms with E-state index in [0.29, 0.717) is 23.6 Å². The molecule has 0 aromatic heterocycles. The van der Waals surface area contributed by atoms with Gasteiger partial charge in [0, 0.05) is 6.42 Å². The van der Waals surface area contributed by atoms with Gasteiger partial charge in [0.05, 0.1) is 10.6 Å². The van der Waals surface area contributed by atoms with Crippen LogP contribution in [0.3, 0.4) is 0 Å². The minimum Gasteiger partial charge on any atom is -0.490 e. The average molecular weight is 442 g/mol. The maximum atomic E-state index is 12.6. The number of rotatable bonds is 11. The van der Waals surface area contributed by atoms with Gasteiger partial charge in [0.25, 0.3) is 10.0 Å². The SMILES string of the molecule is O=C(O)CCc1ccccc1OCCOc1ccccc1NS(=O)(=O)c1ccccc1. The summed E-state index contributed by atoms with van der Waals surface area (Å²) in [5.41, 5.74) is 1.13. The third-order valence-electron chi connectivity index (χ3n) is 4.36. The molecule has 0 aliphatic carbocycles. The van der Waals surface area contributed by atoms with E-state index in [1.165, 1.54) is 12.1 Å². The Labute approximate surface area is 181 Å². The van der Waals surface area contributed by atoms with E-state index in [4.69, 9.17) is 14.6 Å². The molecule has 0 saturated heterocycles. The van der Waals surface area contributed by atoms with E-state index < -0.39 is 16.0 Å². The average Bonchev–Trinajstić information content (AvgIpc) is 2.77. The van der Waals surface area contributed by atoms with Crippen LogP contribution in [0, 0.1) is 0 Å². The second kappa shape index (κ2) is 10.5. The number of aryl methyl sites for hydroxylation is 1. The normalized spacial score (nSPS) is 11.0. The smallest absolute Gasteiger partial charge is 0.303 e. The Hall–Kier alpha value is -3.52. The molecular weight excluding hydrogens is 418 g/mol. The molecule has 0 unspecified atom stereocenters. The first kappa shape index (κ1) is 22.2. The van der Waals surface area contributed by atoms with Crippen LogP contribution in [-0.4, -0.2) is 32.7 Å². The predicted molar refractivity (Wildman–Crippen MR) is 117 cm³/mol. The van der Waals surface area contributed by atoms with Gasteiger partial charge in [0.2, 0.25) is 0 Å². The Morgan fingerprint density at radius 3 is 2.10 bits per heavy atom. The van der Waals surface area contributed by atoms with Gasteiger partial charge >= 0.3 is 5.97 Å². The fourth-order valence-corrected chi connectivity index (χ4v) is 3.97. The molecule has 2 N–H and O–H groups in total. The molecule has 0 fully saturated rings. The van der Waals surface area contributed by atoms with Crippen molar-refractivity contribution >= 4 is 21.7 Å². The molecule has 0 aliphatic rings. The molecule has 31 heavy (non-hydrogen) atoms. The van der Waals surface area contributed by atoms with Crippen molar-refractivity contribution in [1.82, 2.24) is 0 Å². The zero-order valence-electron chi connectivity index (χ0n) is 16.7. The zero-order valence-corrected chi connectivity index (χ0v) is 17.5. The highest BCUT2D eigenvalue weighted by Crippen LogP contribution is 2.27. The van der Waals surface area contributed by atoms with Gasteiger partial charge in [-0.25, -0.2) is 8.42 Å². The van der Waals surface area contributed by atoms with Gasteiger partial charge in [-0.15, -0.1) is 0 Å². The first-order chi connectivity index (χ1) is 15.0. The lowest BCUT2D eigenvalue weighted by molar-refractivity contribution is -0.136. The van der Waals surface area contributed by atoms with Gasteiger partial charge in [0.1, 0.15) is 24.7 Å². The summed E-state index contributed by atoms with van der Waals surface area (Å²) in [7, 11) is -3.74. The Morgan fingerprint density at radius 1 is 0.806 bits per heavy atom. The minimum atomic E-state index is -3.74. The molecule has 3 aromatic carbocycles. The van der Waals surface area contributed by atoms with Gasteiger partial charge in [-0.2, -0.15) is 0 Å². The van der Waals surface area contributed by atoms with Crippen LogP contribution < -0.4 is 14.2 Å². The summed E-state index contributed by atoms with van der Waals surface area (Å²) >= 11 is 0. The van der Waals surface area contributed by atoms with E-state index in [9.17, 15) is 13.2 Å². The number of hydrogen-bond acceptors (Lipinski definition) is 5. The van der Waals surface area contributed by atoms with Crippen LogP contribution in [0.2, 0.25) is 0 Å². The van der Waals surface area contributed by atoms with Crippen LogP contribution in [0.5, 0.6) is 11.5 Å². The molecule has 0 saturated carbocycles. The molecule has 0 radical (unpaired) electrons. The highest BCUT2D eigenvalue weighted by atomic mass is 32.2. The Kier molecular flexibility index (Phi) is 7.50. The standard InChI is InChI=1S/C23H23NO6S/c25-23(26)15-14-18-8-4-6-12-21(18)29-16-17-30-22-13-7-5-11-20(22)24-31(27,28)19-9-2-1-3-10-19/h1-13,24H,14-17H2,(H,25,26). The molecule has 3 rings (SSSR count). The fraction of sp³-hybridized carbons (Fsp3) is 0.174. The molecule has 0 spiro atoms. The predicted octanol–water partition coefficient (Wildman–Crippen LogP) is 3.96. The summed E-state index contributed by atoms with van der Waals surface area (Å²) in [6.45, 7) is 0.390. The number of carbonyl (C=O) groups is 1. The Bertz CT molecular complexity index is 1120. The Morgan fingerprint density at radius 2 is 1.39 bits per heavy atom. The molecule has 0 aliphatic heterocycles. The number of hydrogen-bond donors (Lipinski definition) is 2. The lowest BCUT2D eigenvalue weighted by atomic mass is 10.1. The largest absolute Gasteiger partial charge is 0.490 e. The monoisotopic (exact) mass is 441 g/mol. The van der Waals surface area contributed by atoms with Crippen LogP contribution in [0.15, 0.2) is 83.8 Å². The molecule has 0 heterocycles. The van der Waals surface area contributed by atoms with Crippen LogP contribution >= 0.6 is 0 Å². The number of benzene rings is 3. The van der Waals surface area contributed by atoms with Crippen molar-refractivity contribution in [3.63, 3.8) is 0 Å². The first-order valence-corrected chi connectivity index (χ1v) is 11.2. The number of aliphatic carboxylic acids is 1. The quantitative estimate of drug-likeness (QED) is 0.437. The van der Waals surface area contributed by atoms with Crippen molar-refractivity contribution in [2.45, 2.75) is 17.7 Å². The van der Waals surface area contributed by atoms with E-state index >= 15 is 0 Å². The molecule has 3 aromatic rings. The summed E-state index contributed by atoms with van der Waals surface area (Å²) < 4.78 is 39.2. The van der Waals surface area contributed by atoms with Gasteiger partial charge in [0.15, 0.2) is 0 Å². The van der Waals surface area contributed by atoms with Gasteiger partial charge in [-0.1, -0.05) is 48.5 Å². The highest BCUT2D eigenvalue weighted by Gasteiger charge is 2.16. The molecule has 0 atom stereocenters. The van der Waals surface area contributed by atoms with E-state index in [1.54, 1.807) is 48.5 Å². The third-order valence-corrected chi connectivity index (χ3v) is 5.75. The van der Waals surface area contributed by atoms with E-state index in [2.05, 4.69) is 4.72 Å². The second-order valence-corrected chi connectivity index (χ2v) is 8.30. The van der Waals surface area contributed by atoms with Crippen molar-refractivity contribution in [1.29, 1.82) is 0 Å². The number of sulfonamides is 1. The molecule has 8 heteroatoms. The number of carboxylic acid groups (broad SMARTS) is 1. The maximum Gasteiger partial charge on any atom is 0.303 e. The maximum absolute atomic E-state index is 12.6. The van der Waals surface area contributed by atoms with Crippen molar-refractivity contribution in [2.75, 3.05) is 17.9 Å². The fourth-order valence-electron chi connectivity index (χ4n) is 2.88. The van der Waals surface area contributed by atoms with Crippen LogP contribution in [-0.2, 0) is 21.2 Å². The number of nitrogens with one attached hydrogen (secondary N) is 1. The summed E-state index contributed by atoms with van der Waals surface area (Å²) in [5, 5.41) is 8.88. The summed E-state index contributed by atoms with van der Waals surface area (Å²) in [6, 6.07) is 22.1. The topological polar surface area (TPSA) is 102 Å². The summed E-state index contributed by atoms with van der Waals surface area (Å²) in [5.74, 6) is 0.114. The van der Waals surface area contributed by atoms with E-state index in [0.717, 1.165) is 5.56 Å². The Balaban J connectivity index is 1.60. The molecule has 0 amide bonds. The third kappa shape index (κ3) is 6.48. The lowest BCUT2D eigenvalue weighted by Gasteiger charge is -2.15.